The van der Waals surface area contributed by atoms with Gasteiger partial charge in [-0.05, 0) is 0 Å². The van der Waals surface area contributed by atoms with Crippen molar-refractivity contribution in [3.8, 4) is 0 Å². The van der Waals surface area contributed by atoms with E-state index in [0.29, 0.717) is 55.8 Å². The molecule has 0 aliphatic carbocycles. The molecular weight excluding hydrogens is 661 g/mol. The zero-order valence-electron chi connectivity index (χ0n) is 24.3. The predicted molar refractivity (Wildman–Crippen MR) is 165 cm³/mol. The van der Waals surface area contributed by atoms with Gasteiger partial charge in [-0.1, -0.05) is 0 Å². The molecule has 0 radical (unpaired) electrons. The monoisotopic (exact) mass is 692 g/mol. The van der Waals surface area contributed by atoms with Crippen molar-refractivity contribution in [1.82, 2.24) is 5.58 Å². The molecule has 6 bridgehead atoms. The third-order valence-electron chi connectivity index (χ3n) is 8.61. The minimum absolute atomic E-state index is 0.0407. The zero-order chi connectivity index (χ0) is 31.0. The summed E-state index contributed by atoms with van der Waals surface area (Å²) in [7, 11) is 0. The first-order valence-electron chi connectivity index (χ1n) is 14.0. The molecule has 220 valence electrons. The molecule has 0 spiro atoms. The van der Waals surface area contributed by atoms with Crippen molar-refractivity contribution in [3.63, 3.8) is 0 Å². The van der Waals surface area contributed by atoms with E-state index in [2.05, 4.69) is 6.58 Å². The van der Waals surface area contributed by atoms with Crippen molar-refractivity contribution in [1.29, 1.82) is 0 Å². The van der Waals surface area contributed by atoms with Gasteiger partial charge in [-0.15, -0.1) is 0 Å². The molecule has 2 aromatic rings. The van der Waals surface area contributed by atoms with Crippen LogP contribution in [-0.4, -0.2) is 59.2 Å². The first-order valence-corrected chi connectivity index (χ1v) is 18.7. The number of nitrogens with zero attached hydrogens (tertiary/aromatic N) is 4. The number of hydrogen-bond donors (Lipinski definition) is 2. The maximum absolute atomic E-state index is 17.6. The van der Waals surface area contributed by atoms with E-state index in [1.807, 2.05) is 13.8 Å². The van der Waals surface area contributed by atoms with Crippen molar-refractivity contribution in [2.45, 2.75) is 53.4 Å². The number of carboxylic acid groups (broad SMARTS) is 2. The second-order valence-corrected chi connectivity index (χ2v) is 16.6. The van der Waals surface area contributed by atoms with Crippen molar-refractivity contribution < 1.29 is 25.5 Å². The van der Waals surface area contributed by atoms with E-state index in [1.54, 1.807) is 50.3 Å². The van der Waals surface area contributed by atoms with Gasteiger partial charge in [0.05, 0.1) is 0 Å². The number of aromatic nitrogens is 2. The van der Waals surface area contributed by atoms with Crippen LogP contribution in [0.1, 0.15) is 61.2 Å². The minimum atomic E-state index is -6.69. The maximum atomic E-state index is 17.6. The molecule has 0 unspecified atom stereocenters. The van der Waals surface area contributed by atoms with Gasteiger partial charge in [-0.2, -0.15) is 0 Å². The first-order chi connectivity index (χ1) is 20.3. The normalized spacial score (nSPS) is 17.9. The van der Waals surface area contributed by atoms with Crippen LogP contribution in [0.5, 0.6) is 0 Å². The molecule has 6 heterocycles. The van der Waals surface area contributed by atoms with E-state index in [9.17, 15) is 19.8 Å². The molecule has 0 saturated carbocycles. The van der Waals surface area contributed by atoms with E-state index in [4.69, 9.17) is 9.98 Å². The van der Waals surface area contributed by atoms with Crippen LogP contribution in [0.3, 0.4) is 0 Å². The quantitative estimate of drug-likeness (QED) is 0.416. The number of halogens is 2. The number of carboxylic acids is 2. The van der Waals surface area contributed by atoms with Crippen LogP contribution in [-0.2, 0) is 16.0 Å². The van der Waals surface area contributed by atoms with Crippen LogP contribution < -0.4 is 10.7 Å². The van der Waals surface area contributed by atoms with E-state index in [-0.39, 0.29) is 37.1 Å². The summed E-state index contributed by atoms with van der Waals surface area (Å²) in [4.78, 5) is 32.9. The SMILES string of the molecule is C=CC1=C(C)C2=Cc3c(C)c(CCC(=O)O)c4[n]3[Sn]([F])([F])[n]3c(cc(C)c3=CC1=N2)=CC1=NC(=C4)C(CCC(=O)O)=C1C. The number of hydrogen-bond acceptors (Lipinski definition) is 4. The van der Waals surface area contributed by atoms with Gasteiger partial charge in [-0.25, -0.2) is 0 Å². The van der Waals surface area contributed by atoms with Crippen LogP contribution in [0.2, 0.25) is 0 Å². The summed E-state index contributed by atoms with van der Waals surface area (Å²) in [6.45, 7) is 11.2. The summed E-state index contributed by atoms with van der Waals surface area (Å²) in [5.74, 6) is -2.01. The first kappa shape index (κ1) is 29.0. The molecular formula is C32H30F2N4O4Sn. The van der Waals surface area contributed by atoms with Crippen molar-refractivity contribution in [2.75, 3.05) is 0 Å². The molecule has 11 heteroatoms. The third-order valence-corrected chi connectivity index (χ3v) is 14.5. The second-order valence-electron chi connectivity index (χ2n) is 11.2. The molecule has 2 aromatic heterocycles. The van der Waals surface area contributed by atoms with Gasteiger partial charge in [0, 0.05) is 0 Å². The number of allylic oxidation sites excluding steroid dienone is 5. The number of aliphatic imine (C=N–C) groups is 2. The number of rotatable bonds is 7. The number of aryl methyl sites for hydroxylation is 1. The van der Waals surface area contributed by atoms with Crippen molar-refractivity contribution in [3.05, 3.63) is 91.2 Å². The van der Waals surface area contributed by atoms with E-state index in [1.165, 1.54) is 2.79 Å². The number of carbonyl (C=O) groups is 2. The van der Waals surface area contributed by atoms with Gasteiger partial charge in [0.25, 0.3) is 0 Å². The summed E-state index contributed by atoms with van der Waals surface area (Å²) in [5.41, 5.74) is 7.22. The van der Waals surface area contributed by atoms with E-state index in [0.717, 1.165) is 19.5 Å². The fraction of sp³-hybridized carbons (Fsp3) is 0.250. The molecule has 2 N–H and O–H groups in total. The molecule has 4 aliphatic heterocycles. The van der Waals surface area contributed by atoms with Gasteiger partial charge in [0.15, 0.2) is 0 Å². The molecule has 43 heavy (non-hydrogen) atoms. The average Bonchev–Trinajstić information content (AvgIpc) is 3.58. The topological polar surface area (TPSA) is 109 Å². The second kappa shape index (κ2) is 10.3. The predicted octanol–water partition coefficient (Wildman–Crippen LogP) is 4.56. The Kier molecular flexibility index (Phi) is 6.94. The summed E-state index contributed by atoms with van der Waals surface area (Å²) < 4.78 is 37.5. The Morgan fingerprint density at radius 1 is 0.884 bits per heavy atom. The molecule has 0 fully saturated rings. The van der Waals surface area contributed by atoms with Crippen LogP contribution in [0, 0.1) is 13.8 Å². The zero-order valence-corrected chi connectivity index (χ0v) is 27.1. The third kappa shape index (κ3) is 4.54. The Morgan fingerprint density at radius 3 is 2.21 bits per heavy atom. The number of aliphatic carboxylic acids is 2. The summed E-state index contributed by atoms with van der Waals surface area (Å²) >= 11 is -6.69. The molecule has 8 nitrogen and oxygen atoms in total. The summed E-state index contributed by atoms with van der Waals surface area (Å²) in [6, 6.07) is 1.74. The van der Waals surface area contributed by atoms with Crippen molar-refractivity contribution in [2.24, 2.45) is 9.98 Å². The standard InChI is InChI=1S/C32H32N4O4.2FH.Sn/c1-6-21-17(3)26-14-27-19(5)23(8-10-32(39)40)30(36-27)15-29-22(7-9-31(37)38)18(4)25(34-29)12-20-11-16(2)24(33-20)13-28(21)35-26;;;/h6,11-15H,1,7-10H2,2-5H3,(H4,33,34,35,36,37,38,39,40);2*1H;/q;;;+4/p-4. The Hall–Kier alpha value is -4.06. The van der Waals surface area contributed by atoms with E-state index >= 15 is 5.73 Å². The molecule has 0 atom stereocenters. The number of fused-ring (bicyclic) bond motifs is 2. The van der Waals surface area contributed by atoms with Gasteiger partial charge in [-0.3, -0.25) is 0 Å². The van der Waals surface area contributed by atoms with Gasteiger partial charge in [0.1, 0.15) is 0 Å². The molecule has 0 aromatic carbocycles. The van der Waals surface area contributed by atoms with Crippen molar-refractivity contribution >= 4 is 67.7 Å². The fourth-order valence-electron chi connectivity index (χ4n) is 6.38. The Labute approximate surface area is 252 Å². The van der Waals surface area contributed by atoms with Crippen LogP contribution in [0.15, 0.2) is 62.4 Å². The van der Waals surface area contributed by atoms with Crippen LogP contribution in [0.4, 0.5) is 5.73 Å². The molecule has 0 amide bonds. The molecule has 0 saturated heterocycles. The summed E-state index contributed by atoms with van der Waals surface area (Å²) in [6.07, 6.45) is 8.18. The average molecular weight is 691 g/mol. The van der Waals surface area contributed by atoms with Gasteiger partial charge < -0.3 is 0 Å². The summed E-state index contributed by atoms with van der Waals surface area (Å²) in [5, 5.41) is 19.7. The molecule has 6 rings (SSSR count). The Morgan fingerprint density at radius 2 is 1.53 bits per heavy atom. The van der Waals surface area contributed by atoms with Crippen LogP contribution >= 0.6 is 0 Å². The van der Waals surface area contributed by atoms with Gasteiger partial charge in [0.2, 0.25) is 0 Å². The fourth-order valence-corrected chi connectivity index (χ4v) is 12.6. The van der Waals surface area contributed by atoms with Crippen LogP contribution in [0.25, 0.3) is 24.3 Å². The molecule has 4 aliphatic rings. The van der Waals surface area contributed by atoms with Gasteiger partial charge >= 0.3 is 253 Å². The Balaban J connectivity index is 1.82. The Bertz CT molecular complexity index is 2010. The van der Waals surface area contributed by atoms with E-state index < -0.39 is 32.0 Å².